The molecule has 6 heteroatoms. The molecule has 0 heterocycles. The van der Waals surface area contributed by atoms with Crippen LogP contribution in [0.15, 0.2) is 0 Å². The van der Waals surface area contributed by atoms with Gasteiger partial charge in [0.15, 0.2) is 0 Å². The van der Waals surface area contributed by atoms with Crippen molar-refractivity contribution in [1.82, 2.24) is 0 Å². The maximum absolute atomic E-state index is 0. The molecular weight excluding hydrogens is 191 g/mol. The number of rotatable bonds is 0. The van der Waals surface area contributed by atoms with Gasteiger partial charge in [-0.3, -0.25) is 0 Å². The number of hydrogen-bond acceptors (Lipinski definition) is 4. The quantitative estimate of drug-likeness (QED) is 0.474. The molecule has 0 aliphatic carbocycles. The van der Waals surface area contributed by atoms with Crippen LogP contribution in [-0.2, 0) is 34.1 Å². The average molecular weight is 195 g/mol. The van der Waals surface area contributed by atoms with Gasteiger partial charge in [-0.25, -0.2) is 0 Å². The summed E-state index contributed by atoms with van der Waals surface area (Å²) in [5.41, 5.74) is 0. The molecule has 0 atom stereocenters. The second-order valence-corrected chi connectivity index (χ2v) is 0. The van der Waals surface area contributed by atoms with Gasteiger partial charge < -0.3 is 21.9 Å². The monoisotopic (exact) mass is 194 g/mol. The van der Waals surface area contributed by atoms with Gasteiger partial charge in [-0.05, 0) is 0 Å². The Labute approximate surface area is 56.5 Å². The Bertz CT molecular complexity index is 5.51. The second kappa shape index (κ2) is 181. The molecule has 50 valence electrons. The van der Waals surface area contributed by atoms with Crippen LogP contribution in [0.4, 0.5) is 0 Å². The van der Waals surface area contributed by atoms with Gasteiger partial charge >= 0.3 is 34.1 Å². The molecule has 0 saturated carbocycles. The van der Waals surface area contributed by atoms with E-state index < -0.39 is 0 Å². The summed E-state index contributed by atoms with van der Waals surface area (Å²) in [5.74, 6) is 0. The van der Waals surface area contributed by atoms with Gasteiger partial charge in [0.2, 0.25) is 0 Å². The van der Waals surface area contributed by atoms with E-state index in [-0.39, 0.29) is 56.0 Å². The van der Waals surface area contributed by atoms with Crippen molar-refractivity contribution in [2.24, 2.45) is 0 Å². The zero-order valence-electron chi connectivity index (χ0n) is 2.39. The first kappa shape index (κ1) is 308. The first-order valence-corrected chi connectivity index (χ1v) is 0. The third-order valence-electron chi connectivity index (χ3n) is 0. The predicted molar refractivity (Wildman–Crippen MR) is 7.74 cm³/mol. The van der Waals surface area contributed by atoms with E-state index in [1.807, 2.05) is 0 Å². The molecular formula is H4Cu2O4. The molecule has 4 N–H and O–H groups in total. The third kappa shape index (κ3) is 95.0. The van der Waals surface area contributed by atoms with Crippen molar-refractivity contribution in [1.29, 1.82) is 0 Å². The molecule has 0 aromatic heterocycles. The van der Waals surface area contributed by atoms with E-state index in [4.69, 9.17) is 0 Å². The molecule has 2 radical (unpaired) electrons. The summed E-state index contributed by atoms with van der Waals surface area (Å²) in [6, 6.07) is 0. The van der Waals surface area contributed by atoms with Gasteiger partial charge in [-0.2, -0.15) is 0 Å². The summed E-state index contributed by atoms with van der Waals surface area (Å²) >= 11 is 0. The SMILES string of the molecule is [Cu+2].[Cu+2].[OH-].[OH-].[OH-].[OH-]. The summed E-state index contributed by atoms with van der Waals surface area (Å²) in [6.07, 6.45) is 0. The van der Waals surface area contributed by atoms with Crippen molar-refractivity contribution in [3.8, 4) is 0 Å². The predicted octanol–water partition coefficient (Wildman–Crippen LogP) is -0.712. The molecule has 0 bridgehead atoms. The van der Waals surface area contributed by atoms with Crippen LogP contribution in [-0.4, -0.2) is 21.9 Å². The fraction of sp³-hybridized carbons (Fsp3) is 0. The summed E-state index contributed by atoms with van der Waals surface area (Å²) in [6.45, 7) is 0. The molecule has 0 unspecified atom stereocenters. The Morgan fingerprint density at radius 3 is 0.333 bits per heavy atom. The topological polar surface area (TPSA) is 120 Å². The Morgan fingerprint density at radius 1 is 0.333 bits per heavy atom. The van der Waals surface area contributed by atoms with E-state index in [0.29, 0.717) is 0 Å². The van der Waals surface area contributed by atoms with E-state index in [0.717, 1.165) is 0 Å². The normalized spacial score (nSPS) is 0. The Kier molecular flexibility index (Phi) is 9290. The van der Waals surface area contributed by atoms with Crippen LogP contribution in [0.2, 0.25) is 0 Å². The van der Waals surface area contributed by atoms with Gasteiger partial charge in [0.1, 0.15) is 0 Å². The second-order valence-electron chi connectivity index (χ2n) is 0. The zero-order valence-corrected chi connectivity index (χ0v) is 4.28. The van der Waals surface area contributed by atoms with Gasteiger partial charge in [-0.15, -0.1) is 0 Å². The summed E-state index contributed by atoms with van der Waals surface area (Å²) < 4.78 is 0. The minimum atomic E-state index is 0. The summed E-state index contributed by atoms with van der Waals surface area (Å²) in [7, 11) is 0. The van der Waals surface area contributed by atoms with Crippen LogP contribution in [0.25, 0.3) is 0 Å². The van der Waals surface area contributed by atoms with Crippen LogP contribution < -0.4 is 0 Å². The van der Waals surface area contributed by atoms with E-state index in [2.05, 4.69) is 0 Å². The standard InChI is InChI=1S/2Cu.4H2O/h;;4*1H2/q2*+2;;;;/p-4. The van der Waals surface area contributed by atoms with Crippen molar-refractivity contribution in [2.45, 2.75) is 0 Å². The van der Waals surface area contributed by atoms with E-state index in [1.165, 1.54) is 0 Å². The molecule has 0 amide bonds. The molecule has 0 saturated heterocycles. The molecule has 4 nitrogen and oxygen atoms in total. The van der Waals surface area contributed by atoms with Crippen molar-refractivity contribution in [3.63, 3.8) is 0 Å². The maximum Gasteiger partial charge on any atom is 2.00 e. The fourth-order valence-corrected chi connectivity index (χ4v) is 0. The molecule has 0 aromatic rings. The van der Waals surface area contributed by atoms with Crippen LogP contribution in [0, 0.1) is 0 Å². The maximum atomic E-state index is 0. The molecule has 6 heavy (non-hydrogen) atoms. The molecule has 0 aliphatic heterocycles. The largest absolute Gasteiger partial charge is 2.00 e. The molecule has 0 aliphatic rings. The van der Waals surface area contributed by atoms with Crippen molar-refractivity contribution >= 4 is 0 Å². The summed E-state index contributed by atoms with van der Waals surface area (Å²) in [5, 5.41) is 0. The van der Waals surface area contributed by atoms with Gasteiger partial charge in [0.25, 0.3) is 0 Å². The van der Waals surface area contributed by atoms with Crippen LogP contribution >= 0.6 is 0 Å². The fourth-order valence-electron chi connectivity index (χ4n) is 0. The Hall–Kier alpha value is 0.879. The van der Waals surface area contributed by atoms with Crippen LogP contribution in [0.5, 0.6) is 0 Å². The van der Waals surface area contributed by atoms with E-state index in [9.17, 15) is 0 Å². The van der Waals surface area contributed by atoms with Gasteiger partial charge in [0, 0.05) is 0 Å². The van der Waals surface area contributed by atoms with Crippen molar-refractivity contribution in [2.75, 3.05) is 0 Å². The number of hydrogen-bond donors (Lipinski definition) is 0. The molecule has 0 aromatic carbocycles. The zero-order chi connectivity index (χ0) is 0. The van der Waals surface area contributed by atoms with Crippen molar-refractivity contribution < 1.29 is 56.0 Å². The van der Waals surface area contributed by atoms with Gasteiger partial charge in [-0.1, -0.05) is 0 Å². The Balaban J connectivity index is 0. The summed E-state index contributed by atoms with van der Waals surface area (Å²) in [4.78, 5) is 0. The molecule has 0 fully saturated rings. The van der Waals surface area contributed by atoms with Crippen LogP contribution in [0.1, 0.15) is 0 Å². The first-order valence-electron chi connectivity index (χ1n) is 0. The molecule has 0 rings (SSSR count). The smallest absolute Gasteiger partial charge is 0.870 e. The average Bonchev–Trinajstić information content (AvgIpc) is 0. The minimum Gasteiger partial charge on any atom is -0.870 e. The van der Waals surface area contributed by atoms with Gasteiger partial charge in [0.05, 0.1) is 0 Å². The van der Waals surface area contributed by atoms with Crippen molar-refractivity contribution in [3.05, 3.63) is 0 Å². The van der Waals surface area contributed by atoms with E-state index >= 15 is 0 Å². The third-order valence-corrected chi connectivity index (χ3v) is 0. The molecule has 0 spiro atoms. The first-order chi connectivity index (χ1) is 0. The van der Waals surface area contributed by atoms with Crippen LogP contribution in [0.3, 0.4) is 0 Å². The van der Waals surface area contributed by atoms with E-state index in [1.54, 1.807) is 0 Å². The Morgan fingerprint density at radius 2 is 0.333 bits per heavy atom. The minimum absolute atomic E-state index is 0.